The van der Waals surface area contributed by atoms with Gasteiger partial charge in [0.15, 0.2) is 0 Å². The highest BCUT2D eigenvalue weighted by molar-refractivity contribution is 5.15. The van der Waals surface area contributed by atoms with Gasteiger partial charge in [0.25, 0.3) is 0 Å². The van der Waals surface area contributed by atoms with E-state index < -0.39 is 0 Å². The Hall–Kier alpha value is -1.61. The second-order valence-corrected chi connectivity index (χ2v) is 4.21. The summed E-state index contributed by atoms with van der Waals surface area (Å²) in [6, 6.07) is 10.6. The van der Waals surface area contributed by atoms with Crippen molar-refractivity contribution < 1.29 is 0 Å². The van der Waals surface area contributed by atoms with Crippen molar-refractivity contribution in [1.82, 2.24) is 14.9 Å². The lowest BCUT2D eigenvalue weighted by atomic mass is 10.1. The van der Waals surface area contributed by atoms with Gasteiger partial charge in [-0.2, -0.15) is 0 Å². The molecule has 0 aliphatic heterocycles. The smallest absolute Gasteiger partial charge is 0.105 e. The van der Waals surface area contributed by atoms with Gasteiger partial charge in [-0.25, -0.2) is 4.98 Å². The van der Waals surface area contributed by atoms with Gasteiger partial charge in [0.1, 0.15) is 5.82 Å². The molecule has 0 spiro atoms. The van der Waals surface area contributed by atoms with Crippen LogP contribution in [0.1, 0.15) is 17.1 Å². The molecular formula is C14H19N3. The molecule has 0 fully saturated rings. The van der Waals surface area contributed by atoms with E-state index in [4.69, 9.17) is 0 Å². The predicted molar refractivity (Wildman–Crippen MR) is 69.9 cm³/mol. The predicted octanol–water partition coefficient (Wildman–Crippen LogP) is 2.15. The molecule has 1 heterocycles. The summed E-state index contributed by atoms with van der Waals surface area (Å²) in [5.41, 5.74) is 2.62. The molecule has 0 aliphatic carbocycles. The van der Waals surface area contributed by atoms with E-state index in [1.54, 1.807) is 0 Å². The van der Waals surface area contributed by atoms with Crippen LogP contribution in [0, 0.1) is 6.92 Å². The number of imidazole rings is 1. The Morgan fingerprint density at radius 2 is 2.00 bits per heavy atom. The summed E-state index contributed by atoms with van der Waals surface area (Å²) in [4.78, 5) is 4.37. The molecule has 0 radical (unpaired) electrons. The van der Waals surface area contributed by atoms with Crippen LogP contribution in [0.5, 0.6) is 0 Å². The quantitative estimate of drug-likeness (QED) is 0.851. The molecule has 90 valence electrons. The monoisotopic (exact) mass is 229 g/mol. The van der Waals surface area contributed by atoms with Crippen LogP contribution in [0.15, 0.2) is 36.5 Å². The second kappa shape index (κ2) is 5.64. The maximum atomic E-state index is 4.37. The summed E-state index contributed by atoms with van der Waals surface area (Å²) in [5.74, 6) is 1.09. The highest BCUT2D eigenvalue weighted by Gasteiger charge is 2.05. The molecule has 0 unspecified atom stereocenters. The van der Waals surface area contributed by atoms with Crippen molar-refractivity contribution in [2.24, 2.45) is 0 Å². The number of hydrogen-bond donors (Lipinski definition) is 1. The number of benzene rings is 1. The molecule has 1 N–H and O–H groups in total. The number of nitrogens with one attached hydrogen (secondary N) is 1. The Balaban J connectivity index is 2.06. The molecule has 0 saturated carbocycles. The fraction of sp³-hybridized carbons (Fsp3) is 0.357. The van der Waals surface area contributed by atoms with Gasteiger partial charge in [0.2, 0.25) is 0 Å². The third-order valence-corrected chi connectivity index (χ3v) is 2.96. The van der Waals surface area contributed by atoms with Crippen molar-refractivity contribution in [3.05, 3.63) is 53.6 Å². The molecule has 1 aromatic carbocycles. The highest BCUT2D eigenvalue weighted by Crippen LogP contribution is 2.08. The van der Waals surface area contributed by atoms with E-state index in [2.05, 4.69) is 52.1 Å². The number of hydrogen-bond acceptors (Lipinski definition) is 2. The fourth-order valence-corrected chi connectivity index (χ4v) is 2.03. The molecule has 0 aliphatic rings. The first kappa shape index (κ1) is 11.9. The van der Waals surface area contributed by atoms with Crippen LogP contribution in [-0.4, -0.2) is 16.6 Å². The number of nitrogens with zero attached hydrogens (tertiary/aromatic N) is 2. The van der Waals surface area contributed by atoms with E-state index in [-0.39, 0.29) is 0 Å². The molecule has 0 amide bonds. The third kappa shape index (κ3) is 2.94. The van der Waals surface area contributed by atoms with Crippen LogP contribution in [0.25, 0.3) is 0 Å². The summed E-state index contributed by atoms with van der Waals surface area (Å²) >= 11 is 0. The van der Waals surface area contributed by atoms with Crippen LogP contribution >= 0.6 is 0 Å². The topological polar surface area (TPSA) is 29.9 Å². The minimum atomic E-state index is 0.871. The fourth-order valence-electron chi connectivity index (χ4n) is 2.03. The van der Waals surface area contributed by atoms with Crippen LogP contribution in [0.2, 0.25) is 0 Å². The molecule has 17 heavy (non-hydrogen) atoms. The molecule has 2 aromatic rings. The zero-order chi connectivity index (χ0) is 12.1. The van der Waals surface area contributed by atoms with Crippen molar-refractivity contribution >= 4 is 0 Å². The number of rotatable bonds is 5. The lowest BCUT2D eigenvalue weighted by Gasteiger charge is -2.10. The standard InChI is InChI=1S/C14H19N3/c1-12-16-11-14(10-15-2)17(12)9-8-13-6-4-3-5-7-13/h3-7,11,15H,8-10H2,1-2H3. The largest absolute Gasteiger partial charge is 0.331 e. The van der Waals surface area contributed by atoms with Gasteiger partial charge < -0.3 is 9.88 Å². The van der Waals surface area contributed by atoms with E-state index in [1.807, 2.05) is 13.2 Å². The van der Waals surface area contributed by atoms with E-state index in [9.17, 15) is 0 Å². The van der Waals surface area contributed by atoms with E-state index in [0.717, 1.165) is 25.3 Å². The van der Waals surface area contributed by atoms with E-state index >= 15 is 0 Å². The Bertz CT molecular complexity index is 460. The van der Waals surface area contributed by atoms with Crippen molar-refractivity contribution in [1.29, 1.82) is 0 Å². The molecule has 0 saturated heterocycles. The maximum Gasteiger partial charge on any atom is 0.105 e. The van der Waals surface area contributed by atoms with E-state index in [0.29, 0.717) is 0 Å². The molecule has 0 bridgehead atoms. The van der Waals surface area contributed by atoms with Crippen LogP contribution in [0.3, 0.4) is 0 Å². The average molecular weight is 229 g/mol. The first-order chi connectivity index (χ1) is 8.31. The second-order valence-electron chi connectivity index (χ2n) is 4.21. The van der Waals surface area contributed by atoms with Gasteiger partial charge in [-0.3, -0.25) is 0 Å². The molecule has 3 heteroatoms. The first-order valence-electron chi connectivity index (χ1n) is 6.01. The molecular weight excluding hydrogens is 210 g/mol. The number of aryl methyl sites for hydroxylation is 2. The lowest BCUT2D eigenvalue weighted by Crippen LogP contribution is -2.13. The minimum Gasteiger partial charge on any atom is -0.331 e. The first-order valence-corrected chi connectivity index (χ1v) is 6.01. The van der Waals surface area contributed by atoms with Crippen LogP contribution in [0.4, 0.5) is 0 Å². The molecule has 0 atom stereocenters. The van der Waals surface area contributed by atoms with Gasteiger partial charge in [0.05, 0.1) is 5.69 Å². The Labute approximate surface area is 103 Å². The van der Waals surface area contributed by atoms with Crippen LogP contribution in [-0.2, 0) is 19.5 Å². The minimum absolute atomic E-state index is 0.871. The van der Waals surface area contributed by atoms with Gasteiger partial charge >= 0.3 is 0 Å². The molecule has 1 aromatic heterocycles. The summed E-state index contributed by atoms with van der Waals surface area (Å²) in [6.45, 7) is 3.92. The SMILES string of the molecule is CNCc1cnc(C)n1CCc1ccccc1. The maximum absolute atomic E-state index is 4.37. The zero-order valence-corrected chi connectivity index (χ0v) is 10.5. The van der Waals surface area contributed by atoms with Crippen molar-refractivity contribution in [2.45, 2.75) is 26.4 Å². The third-order valence-electron chi connectivity index (χ3n) is 2.96. The Morgan fingerprint density at radius 1 is 1.24 bits per heavy atom. The average Bonchev–Trinajstić information content (AvgIpc) is 2.70. The Morgan fingerprint density at radius 3 is 2.71 bits per heavy atom. The van der Waals surface area contributed by atoms with Crippen molar-refractivity contribution in [3.63, 3.8) is 0 Å². The van der Waals surface area contributed by atoms with Crippen molar-refractivity contribution in [3.8, 4) is 0 Å². The summed E-state index contributed by atoms with van der Waals surface area (Å²) in [7, 11) is 1.96. The van der Waals surface area contributed by atoms with Gasteiger partial charge in [-0.05, 0) is 26.0 Å². The lowest BCUT2D eigenvalue weighted by molar-refractivity contribution is 0.622. The normalized spacial score (nSPS) is 10.7. The van der Waals surface area contributed by atoms with Gasteiger partial charge in [-0.15, -0.1) is 0 Å². The van der Waals surface area contributed by atoms with Gasteiger partial charge in [-0.1, -0.05) is 30.3 Å². The van der Waals surface area contributed by atoms with E-state index in [1.165, 1.54) is 11.3 Å². The molecule has 3 nitrogen and oxygen atoms in total. The summed E-state index contributed by atoms with van der Waals surface area (Å²) in [6.07, 6.45) is 3.01. The van der Waals surface area contributed by atoms with Gasteiger partial charge in [0, 0.05) is 19.3 Å². The van der Waals surface area contributed by atoms with Crippen LogP contribution < -0.4 is 5.32 Å². The molecule has 2 rings (SSSR count). The summed E-state index contributed by atoms with van der Waals surface area (Å²) < 4.78 is 2.28. The highest BCUT2D eigenvalue weighted by atomic mass is 15.1. The van der Waals surface area contributed by atoms with Crippen molar-refractivity contribution in [2.75, 3.05) is 7.05 Å². The summed E-state index contributed by atoms with van der Waals surface area (Å²) in [5, 5.41) is 3.18. The number of aromatic nitrogens is 2. The zero-order valence-electron chi connectivity index (χ0n) is 10.5. The Kier molecular flexibility index (Phi) is 3.94.